The van der Waals surface area contributed by atoms with Crippen LogP contribution in [-0.2, 0) is 9.59 Å². The molecular weight excluding hydrogens is 212 g/mol. The van der Waals surface area contributed by atoms with Crippen LogP contribution in [0.3, 0.4) is 0 Å². The number of amides is 1. The summed E-state index contributed by atoms with van der Waals surface area (Å²) in [6.07, 6.45) is 1.72. The molecule has 0 heterocycles. The molecule has 0 spiro atoms. The summed E-state index contributed by atoms with van der Waals surface area (Å²) in [4.78, 5) is 22.6. The molecule has 2 atom stereocenters. The first-order chi connectivity index (χ1) is 7.37. The van der Waals surface area contributed by atoms with Gasteiger partial charge in [0, 0.05) is 0 Å². The molecule has 1 rings (SSSR count). The number of aliphatic carboxylic acids is 1. The second-order valence-electron chi connectivity index (χ2n) is 4.39. The first kappa shape index (κ1) is 12.9. The number of carbonyl (C=O) groups excluding carboxylic acids is 1. The molecule has 6 nitrogen and oxygen atoms in total. The van der Waals surface area contributed by atoms with E-state index < -0.39 is 29.6 Å². The highest BCUT2D eigenvalue weighted by atomic mass is 16.4. The minimum atomic E-state index is -1.30. The van der Waals surface area contributed by atoms with Crippen molar-refractivity contribution in [2.75, 3.05) is 0 Å². The zero-order chi connectivity index (χ0) is 12.3. The Hall–Kier alpha value is -1.14. The molecule has 6 heteroatoms. The van der Waals surface area contributed by atoms with Crippen LogP contribution in [0.1, 0.15) is 32.6 Å². The Morgan fingerprint density at radius 2 is 1.88 bits per heavy atom. The highest BCUT2D eigenvalue weighted by Crippen LogP contribution is 2.27. The summed E-state index contributed by atoms with van der Waals surface area (Å²) in [5.74, 6) is -1.75. The van der Waals surface area contributed by atoms with Crippen molar-refractivity contribution >= 4 is 11.9 Å². The summed E-state index contributed by atoms with van der Waals surface area (Å²) in [6.45, 7) is 1.32. The number of rotatable bonds is 4. The standard InChI is InChI=1S/C10H18N2O4/c1-6(13)7(8(14)15)12-9(16)10(11)4-2-3-5-10/h6-7,13H,2-5,11H2,1H3,(H,12,16)(H,14,15). The normalized spacial score (nSPS) is 22.4. The topological polar surface area (TPSA) is 113 Å². The van der Waals surface area contributed by atoms with E-state index in [0.29, 0.717) is 12.8 Å². The molecule has 0 radical (unpaired) electrons. The van der Waals surface area contributed by atoms with Crippen molar-refractivity contribution in [2.45, 2.75) is 50.3 Å². The Morgan fingerprint density at radius 1 is 1.38 bits per heavy atom. The smallest absolute Gasteiger partial charge is 0.328 e. The number of hydrogen-bond donors (Lipinski definition) is 4. The summed E-state index contributed by atoms with van der Waals surface area (Å²) in [7, 11) is 0. The van der Waals surface area contributed by atoms with Crippen molar-refractivity contribution in [1.82, 2.24) is 5.32 Å². The van der Waals surface area contributed by atoms with Gasteiger partial charge >= 0.3 is 5.97 Å². The maximum atomic E-state index is 11.8. The highest BCUT2D eigenvalue weighted by Gasteiger charge is 2.39. The number of aliphatic hydroxyl groups is 1. The lowest BCUT2D eigenvalue weighted by molar-refractivity contribution is -0.145. The van der Waals surface area contributed by atoms with Crippen molar-refractivity contribution in [1.29, 1.82) is 0 Å². The fourth-order valence-electron chi connectivity index (χ4n) is 1.91. The van der Waals surface area contributed by atoms with Crippen LogP contribution in [0, 0.1) is 0 Å². The number of carboxylic acids is 1. The second kappa shape index (κ2) is 4.80. The van der Waals surface area contributed by atoms with E-state index in [0.717, 1.165) is 12.8 Å². The Kier molecular flexibility index (Phi) is 3.88. The van der Waals surface area contributed by atoms with Gasteiger partial charge in [0.05, 0.1) is 11.6 Å². The lowest BCUT2D eigenvalue weighted by Crippen LogP contribution is -2.58. The van der Waals surface area contributed by atoms with Gasteiger partial charge in [-0.3, -0.25) is 4.79 Å². The Morgan fingerprint density at radius 3 is 2.25 bits per heavy atom. The third-order valence-corrected chi connectivity index (χ3v) is 2.98. The van der Waals surface area contributed by atoms with Gasteiger partial charge in [-0.2, -0.15) is 0 Å². The van der Waals surface area contributed by atoms with E-state index in [4.69, 9.17) is 10.8 Å². The first-order valence-corrected chi connectivity index (χ1v) is 5.37. The summed E-state index contributed by atoms with van der Waals surface area (Å²) in [6, 6.07) is -1.30. The van der Waals surface area contributed by atoms with Crippen LogP contribution in [-0.4, -0.2) is 39.8 Å². The Balaban J connectivity index is 2.65. The lowest BCUT2D eigenvalue weighted by atomic mass is 9.97. The number of hydrogen-bond acceptors (Lipinski definition) is 4. The predicted molar refractivity (Wildman–Crippen MR) is 56.6 cm³/mol. The van der Waals surface area contributed by atoms with Crippen molar-refractivity contribution in [3.8, 4) is 0 Å². The molecule has 0 aromatic carbocycles. The third kappa shape index (κ3) is 2.70. The monoisotopic (exact) mass is 230 g/mol. The molecule has 92 valence electrons. The number of nitrogens with one attached hydrogen (secondary N) is 1. The van der Waals surface area contributed by atoms with Crippen LogP contribution in [0.15, 0.2) is 0 Å². The van der Waals surface area contributed by atoms with Gasteiger partial charge in [-0.25, -0.2) is 4.79 Å². The van der Waals surface area contributed by atoms with Gasteiger partial charge < -0.3 is 21.3 Å². The molecule has 0 aliphatic heterocycles. The molecule has 1 fully saturated rings. The second-order valence-corrected chi connectivity index (χ2v) is 4.39. The molecule has 16 heavy (non-hydrogen) atoms. The van der Waals surface area contributed by atoms with Gasteiger partial charge in [0.1, 0.15) is 0 Å². The number of aliphatic hydroxyl groups excluding tert-OH is 1. The van der Waals surface area contributed by atoms with Crippen molar-refractivity contribution in [3.63, 3.8) is 0 Å². The number of carbonyl (C=O) groups is 2. The Labute approximate surface area is 93.8 Å². The van der Waals surface area contributed by atoms with Crippen LogP contribution in [0.4, 0.5) is 0 Å². The zero-order valence-electron chi connectivity index (χ0n) is 9.27. The molecule has 5 N–H and O–H groups in total. The van der Waals surface area contributed by atoms with Crippen molar-refractivity contribution in [2.24, 2.45) is 5.73 Å². The molecular formula is C10H18N2O4. The minimum absolute atomic E-state index is 0.488. The first-order valence-electron chi connectivity index (χ1n) is 5.37. The summed E-state index contributed by atoms with van der Waals surface area (Å²) in [5.41, 5.74) is 4.89. The molecule has 1 amide bonds. The van der Waals surface area contributed by atoms with Gasteiger partial charge in [0.2, 0.25) is 5.91 Å². The van der Waals surface area contributed by atoms with Crippen molar-refractivity contribution in [3.05, 3.63) is 0 Å². The summed E-state index contributed by atoms with van der Waals surface area (Å²) in [5, 5.41) is 20.3. The zero-order valence-corrected chi connectivity index (χ0v) is 9.27. The van der Waals surface area contributed by atoms with Gasteiger partial charge in [0.15, 0.2) is 6.04 Å². The van der Waals surface area contributed by atoms with Gasteiger partial charge in [-0.15, -0.1) is 0 Å². The Bertz CT molecular complexity index is 285. The molecule has 1 aliphatic carbocycles. The van der Waals surface area contributed by atoms with Crippen LogP contribution in [0.5, 0.6) is 0 Å². The van der Waals surface area contributed by atoms with Gasteiger partial charge in [-0.1, -0.05) is 12.8 Å². The average molecular weight is 230 g/mol. The van der Waals surface area contributed by atoms with E-state index >= 15 is 0 Å². The van der Waals surface area contributed by atoms with Crippen LogP contribution < -0.4 is 11.1 Å². The van der Waals surface area contributed by atoms with E-state index in [2.05, 4.69) is 5.32 Å². The largest absolute Gasteiger partial charge is 0.480 e. The molecule has 1 saturated carbocycles. The fourth-order valence-corrected chi connectivity index (χ4v) is 1.91. The molecule has 0 saturated heterocycles. The van der Waals surface area contributed by atoms with E-state index in [-0.39, 0.29) is 0 Å². The minimum Gasteiger partial charge on any atom is -0.480 e. The highest BCUT2D eigenvalue weighted by molar-refractivity contribution is 5.90. The van der Waals surface area contributed by atoms with E-state index in [1.54, 1.807) is 0 Å². The number of nitrogens with two attached hydrogens (primary N) is 1. The predicted octanol–water partition coefficient (Wildman–Crippen LogP) is -0.792. The average Bonchev–Trinajstić information content (AvgIpc) is 2.61. The molecule has 0 aromatic heterocycles. The molecule has 0 bridgehead atoms. The van der Waals surface area contributed by atoms with Crippen LogP contribution in [0.2, 0.25) is 0 Å². The van der Waals surface area contributed by atoms with E-state index in [1.807, 2.05) is 0 Å². The van der Waals surface area contributed by atoms with Gasteiger partial charge in [-0.05, 0) is 19.8 Å². The van der Waals surface area contributed by atoms with E-state index in [9.17, 15) is 14.7 Å². The van der Waals surface area contributed by atoms with Crippen LogP contribution in [0.25, 0.3) is 0 Å². The summed E-state index contributed by atoms with van der Waals surface area (Å²) >= 11 is 0. The van der Waals surface area contributed by atoms with Crippen LogP contribution >= 0.6 is 0 Å². The fraction of sp³-hybridized carbons (Fsp3) is 0.800. The number of carboxylic acid groups (broad SMARTS) is 1. The third-order valence-electron chi connectivity index (χ3n) is 2.98. The lowest BCUT2D eigenvalue weighted by Gasteiger charge is -2.26. The summed E-state index contributed by atoms with van der Waals surface area (Å²) < 4.78 is 0. The quantitative estimate of drug-likeness (QED) is 0.505. The SMILES string of the molecule is CC(O)C(NC(=O)C1(N)CCCC1)C(=O)O. The molecule has 2 unspecified atom stereocenters. The van der Waals surface area contributed by atoms with Crippen molar-refractivity contribution < 1.29 is 19.8 Å². The molecule has 1 aliphatic rings. The molecule has 0 aromatic rings. The van der Waals surface area contributed by atoms with Gasteiger partial charge in [0.25, 0.3) is 0 Å². The van der Waals surface area contributed by atoms with E-state index in [1.165, 1.54) is 6.92 Å². The maximum absolute atomic E-state index is 11.8. The maximum Gasteiger partial charge on any atom is 0.328 e.